The van der Waals surface area contributed by atoms with Gasteiger partial charge in [0.25, 0.3) is 0 Å². The van der Waals surface area contributed by atoms with Gasteiger partial charge in [0, 0.05) is 0 Å². The van der Waals surface area contributed by atoms with Crippen LogP contribution in [0.4, 0.5) is 0 Å². The van der Waals surface area contributed by atoms with E-state index < -0.39 is 31.4 Å². The minimum atomic E-state index is -1.30. The molecule has 0 fully saturated rings. The molecule has 0 heterocycles. The molecular weight excluding hydrogens is 358 g/mol. The van der Waals surface area contributed by atoms with Gasteiger partial charge in [-0.15, -0.1) is 0 Å². The quantitative estimate of drug-likeness (QED) is 0.558. The molecule has 0 aliphatic carbocycles. The Kier molecular flexibility index (Phi) is 4.10. The van der Waals surface area contributed by atoms with E-state index >= 15 is 0 Å². The van der Waals surface area contributed by atoms with Gasteiger partial charge in [-0.1, -0.05) is 0 Å². The summed E-state index contributed by atoms with van der Waals surface area (Å²) in [5.41, 5.74) is 0.693. The Balaban J connectivity index is 2.97. The first kappa shape index (κ1) is 13.2. The fourth-order valence-electron chi connectivity index (χ4n) is 1.84. The molecule has 2 aromatic rings. The van der Waals surface area contributed by atoms with Crippen LogP contribution in [0.2, 0.25) is 0 Å². The average Bonchev–Trinajstić information content (AvgIpc) is 2.44. The minimum absolute atomic E-state index is 0.347. The number of carbonyl (C=O) groups excluding carboxylic acids is 2. The number of benzene rings is 2. The Morgan fingerprint density at radius 3 is 1.39 bits per heavy atom. The summed E-state index contributed by atoms with van der Waals surface area (Å²) in [6.45, 7) is 0. The third-order valence-corrected chi connectivity index (χ3v) is 5.13. The molecule has 2 rings (SSSR count). The fraction of sp³-hybridized carbons (Fsp3) is 0. The Bertz CT molecular complexity index is 620. The first-order valence-electron chi connectivity index (χ1n) is 4.93. The summed E-state index contributed by atoms with van der Waals surface area (Å²) in [5.74, 6) is 0. The van der Waals surface area contributed by atoms with Crippen LogP contribution in [-0.2, 0) is 7.48 Å². The molecule has 0 N–H and O–H groups in total. The number of fused-ring (bicyclic) bond motifs is 1. The second-order valence-corrected chi connectivity index (χ2v) is 6.30. The predicted octanol–water partition coefficient (Wildman–Crippen LogP) is -0.185. The van der Waals surface area contributed by atoms with E-state index in [2.05, 4.69) is 0 Å². The van der Waals surface area contributed by atoms with Crippen LogP contribution in [0.15, 0.2) is 24.3 Å². The molecule has 6 heteroatoms. The van der Waals surface area contributed by atoms with Crippen LogP contribution in [0, 0.1) is 0 Å². The van der Waals surface area contributed by atoms with Gasteiger partial charge in [0.15, 0.2) is 0 Å². The van der Waals surface area contributed by atoms with Crippen LogP contribution in [-0.4, -0.2) is 44.0 Å². The van der Waals surface area contributed by atoms with Gasteiger partial charge in [0.2, 0.25) is 0 Å². The van der Waals surface area contributed by atoms with Crippen molar-refractivity contribution in [3.63, 3.8) is 0 Å². The van der Waals surface area contributed by atoms with Crippen LogP contribution in [0.1, 0.15) is 20.7 Å². The number of hydrogen-bond acceptors (Lipinski definition) is 4. The molecule has 0 radical (unpaired) electrons. The van der Waals surface area contributed by atoms with E-state index in [1.165, 1.54) is 0 Å². The van der Waals surface area contributed by atoms with E-state index in [9.17, 15) is 17.1 Å². The molecule has 4 nitrogen and oxygen atoms in total. The Hall–Kier alpha value is -1.24. The molecule has 88 valence electrons. The summed E-state index contributed by atoms with van der Waals surface area (Å²) in [6.07, 6.45) is 1.29. The molecule has 0 bridgehead atoms. The van der Waals surface area contributed by atoms with Crippen molar-refractivity contribution in [2.75, 3.05) is 0 Å². The van der Waals surface area contributed by atoms with Crippen LogP contribution >= 0.6 is 0 Å². The zero-order valence-electron chi connectivity index (χ0n) is 8.99. The average molecular weight is 364 g/mol. The molecule has 0 spiro atoms. The van der Waals surface area contributed by atoms with Crippen LogP contribution in [0.25, 0.3) is 10.8 Å². The van der Waals surface area contributed by atoms with Crippen molar-refractivity contribution >= 4 is 63.4 Å². The van der Waals surface area contributed by atoms with E-state index in [1.807, 2.05) is 0 Å². The van der Waals surface area contributed by atoms with Gasteiger partial charge in [-0.3, -0.25) is 0 Å². The van der Waals surface area contributed by atoms with Crippen LogP contribution < -0.4 is 8.70 Å². The number of carbonyl (C=O) groups is 2. The van der Waals surface area contributed by atoms with E-state index in [0.29, 0.717) is 43.2 Å². The fourth-order valence-corrected chi connectivity index (χ4v) is 3.54. The molecule has 0 atom stereocenters. The first-order valence-corrected chi connectivity index (χ1v) is 8.34. The van der Waals surface area contributed by atoms with E-state index in [-0.39, 0.29) is 0 Å². The van der Waals surface area contributed by atoms with Gasteiger partial charge < -0.3 is 0 Å². The van der Waals surface area contributed by atoms with E-state index in [0.717, 1.165) is 0 Å². The monoisotopic (exact) mass is 364 g/mol. The van der Waals surface area contributed by atoms with Crippen molar-refractivity contribution in [3.8, 4) is 0 Å². The summed E-state index contributed by atoms with van der Waals surface area (Å²) in [7, 11) is 0. The third-order valence-electron chi connectivity index (χ3n) is 2.67. The molecule has 0 amide bonds. The molecule has 18 heavy (non-hydrogen) atoms. The molecule has 0 aromatic heterocycles. The number of aldehydes is 2. The molecule has 0 saturated heterocycles. The second kappa shape index (κ2) is 5.60. The van der Waals surface area contributed by atoms with Crippen molar-refractivity contribution in [1.82, 2.24) is 0 Å². The number of rotatable bonds is 4. The molecule has 0 saturated carbocycles. The summed E-state index contributed by atoms with van der Waals surface area (Å²) in [5, 5.41) is 1.16. The Labute approximate surface area is 116 Å². The third kappa shape index (κ3) is 2.07. The van der Waals surface area contributed by atoms with Crippen molar-refractivity contribution in [1.29, 1.82) is 0 Å². The normalized spacial score (nSPS) is 10.9. The van der Waals surface area contributed by atoms with Crippen molar-refractivity contribution in [2.24, 2.45) is 0 Å². The topological polar surface area (TPSA) is 68.3 Å². The van der Waals surface area contributed by atoms with Crippen molar-refractivity contribution in [2.45, 2.75) is 0 Å². The number of hydrogen-bond donors (Lipinski definition) is 0. The zero-order chi connectivity index (χ0) is 13.1. The van der Waals surface area contributed by atoms with Gasteiger partial charge in [0.1, 0.15) is 0 Å². The van der Waals surface area contributed by atoms with Gasteiger partial charge in [0.05, 0.1) is 0 Å². The molecule has 0 aliphatic heterocycles. The maximum atomic E-state index is 11.1. The molecular formula is C12H6As2O4. The Morgan fingerprint density at radius 1 is 0.722 bits per heavy atom. The summed E-state index contributed by atoms with van der Waals surface area (Å²) >= 11 is -2.61. The summed E-state index contributed by atoms with van der Waals surface area (Å²) in [6, 6.07) is 6.46. The van der Waals surface area contributed by atoms with Gasteiger partial charge in [-0.2, -0.15) is 0 Å². The van der Waals surface area contributed by atoms with Crippen molar-refractivity contribution < 1.29 is 17.1 Å². The standard InChI is InChI=1S/C12H6As2O4/c15-5-9-7-1-3-11(13-17)10(6-16)8(7)2-4-12(9)14-18/h1-6H. The maximum absolute atomic E-state index is 11.1. The molecule has 0 unspecified atom stereocenters. The summed E-state index contributed by atoms with van der Waals surface area (Å²) in [4.78, 5) is 22.2. The molecule has 0 aliphatic rings. The summed E-state index contributed by atoms with van der Waals surface area (Å²) < 4.78 is 23.1. The van der Waals surface area contributed by atoms with Crippen LogP contribution in [0.3, 0.4) is 0 Å². The Morgan fingerprint density at radius 2 is 1.11 bits per heavy atom. The van der Waals surface area contributed by atoms with Gasteiger partial charge in [-0.25, -0.2) is 0 Å². The van der Waals surface area contributed by atoms with Gasteiger partial charge >= 0.3 is 116 Å². The molecule has 2 aromatic carbocycles. The predicted molar refractivity (Wildman–Crippen MR) is 66.9 cm³/mol. The van der Waals surface area contributed by atoms with Gasteiger partial charge in [-0.05, 0) is 0 Å². The van der Waals surface area contributed by atoms with Crippen LogP contribution in [0.5, 0.6) is 0 Å². The first-order chi connectivity index (χ1) is 8.76. The van der Waals surface area contributed by atoms with Crippen molar-refractivity contribution in [3.05, 3.63) is 35.4 Å². The zero-order valence-corrected chi connectivity index (χ0v) is 12.7. The van der Waals surface area contributed by atoms with E-state index in [4.69, 9.17) is 0 Å². The SMILES string of the molecule is O=Cc1c([As]=O)ccc2c(C=O)c([As]=O)ccc12. The van der Waals surface area contributed by atoms with E-state index in [1.54, 1.807) is 24.3 Å². The second-order valence-electron chi connectivity index (χ2n) is 3.51.